The van der Waals surface area contributed by atoms with Gasteiger partial charge in [-0.25, -0.2) is 9.59 Å². The number of cyclic esters (lactones) is 1. The molecule has 1 amide bonds. The number of aliphatic hydroxyl groups excluding tert-OH is 1. The number of rotatable bonds is 9. The Morgan fingerprint density at radius 2 is 1.97 bits per heavy atom. The van der Waals surface area contributed by atoms with Gasteiger partial charge in [-0.15, -0.1) is 0 Å². The van der Waals surface area contributed by atoms with E-state index in [1.807, 2.05) is 0 Å². The summed E-state index contributed by atoms with van der Waals surface area (Å²) in [5.41, 5.74) is 0.738. The molecule has 6 nitrogen and oxygen atoms in total. The molecular weight excluding hydrogens is 488 g/mol. The lowest BCUT2D eigenvalue weighted by molar-refractivity contribution is -0.120. The Morgan fingerprint density at radius 3 is 2.62 bits per heavy atom. The third-order valence-corrected chi connectivity index (χ3v) is 6.09. The van der Waals surface area contributed by atoms with E-state index in [1.165, 1.54) is 35.2 Å². The first-order valence-electron chi connectivity index (χ1n) is 10.3. The molecule has 0 saturated carbocycles. The average Bonchev–Trinajstić information content (AvgIpc) is 2.77. The maximum Gasteiger partial charge on any atom is 0.410 e. The van der Waals surface area contributed by atoms with E-state index >= 15 is 0 Å². The van der Waals surface area contributed by atoms with Gasteiger partial charge in [0.2, 0.25) is 0 Å². The van der Waals surface area contributed by atoms with Crippen LogP contribution in [0.25, 0.3) is 0 Å². The highest BCUT2D eigenvalue weighted by molar-refractivity contribution is 9.10. The molecule has 1 heterocycles. The van der Waals surface area contributed by atoms with Gasteiger partial charge in [0.25, 0.3) is 5.92 Å². The van der Waals surface area contributed by atoms with Crippen molar-refractivity contribution in [3.63, 3.8) is 0 Å². The van der Waals surface area contributed by atoms with Crippen LogP contribution in [0.5, 0.6) is 0 Å². The molecule has 0 bridgehead atoms. The molecule has 2 aromatic carbocycles. The summed E-state index contributed by atoms with van der Waals surface area (Å²) in [4.78, 5) is 24.7. The molecule has 0 spiro atoms. The summed E-state index contributed by atoms with van der Waals surface area (Å²) < 4.78 is 35.0. The van der Waals surface area contributed by atoms with E-state index in [0.29, 0.717) is 23.9 Å². The van der Waals surface area contributed by atoms with Gasteiger partial charge in [-0.1, -0.05) is 40.2 Å². The van der Waals surface area contributed by atoms with Crippen LogP contribution < -0.4 is 0 Å². The van der Waals surface area contributed by atoms with Gasteiger partial charge in [-0.05, 0) is 49.1 Å². The fourth-order valence-corrected chi connectivity index (χ4v) is 4.13. The highest BCUT2D eigenvalue weighted by atomic mass is 79.9. The highest BCUT2D eigenvalue weighted by Gasteiger charge is 2.41. The van der Waals surface area contributed by atoms with Gasteiger partial charge in [0.15, 0.2) is 0 Å². The fourth-order valence-electron chi connectivity index (χ4n) is 3.73. The summed E-state index contributed by atoms with van der Waals surface area (Å²) in [6.07, 6.45) is -1.43. The molecular formula is C23H24BrF2NO5. The first kappa shape index (κ1) is 24.1. The number of aromatic carboxylic acids is 1. The van der Waals surface area contributed by atoms with Crippen molar-refractivity contribution in [2.75, 3.05) is 13.2 Å². The zero-order chi connectivity index (χ0) is 23.3. The largest absolute Gasteiger partial charge is 0.478 e. The summed E-state index contributed by atoms with van der Waals surface area (Å²) in [6, 6.07) is 11.7. The van der Waals surface area contributed by atoms with Crippen molar-refractivity contribution in [2.45, 2.75) is 43.8 Å². The minimum absolute atomic E-state index is 0.171. The zero-order valence-electron chi connectivity index (χ0n) is 17.2. The fraction of sp³-hybridized carbons (Fsp3) is 0.391. The number of carbonyl (C=O) groups excluding carboxylic acids is 1. The average molecular weight is 512 g/mol. The van der Waals surface area contributed by atoms with Crippen LogP contribution in [-0.2, 0) is 17.1 Å². The molecule has 3 rings (SSSR count). The summed E-state index contributed by atoms with van der Waals surface area (Å²) in [5, 5.41) is 19.2. The summed E-state index contributed by atoms with van der Waals surface area (Å²) >= 11 is 3.17. The molecule has 2 atom stereocenters. The number of hydrogen-bond donors (Lipinski definition) is 2. The second-order valence-electron chi connectivity index (χ2n) is 7.73. The van der Waals surface area contributed by atoms with E-state index in [0.717, 1.165) is 5.56 Å². The van der Waals surface area contributed by atoms with Crippen LogP contribution in [0.2, 0.25) is 0 Å². The first-order chi connectivity index (χ1) is 15.2. The molecule has 0 aliphatic carbocycles. The van der Waals surface area contributed by atoms with Crippen molar-refractivity contribution >= 4 is 28.0 Å². The van der Waals surface area contributed by atoms with Gasteiger partial charge in [0.05, 0.1) is 12.2 Å². The molecule has 1 aliphatic rings. The van der Waals surface area contributed by atoms with Crippen molar-refractivity contribution in [1.82, 2.24) is 4.90 Å². The molecule has 1 fully saturated rings. The van der Waals surface area contributed by atoms with Crippen molar-refractivity contribution in [3.05, 3.63) is 69.7 Å². The Morgan fingerprint density at radius 1 is 1.25 bits per heavy atom. The Hall–Kier alpha value is -2.52. The number of ether oxygens (including phenoxy) is 1. The maximum absolute atomic E-state index is 14.7. The normalized spacial score (nSPS) is 17.7. The number of carboxylic acid groups (broad SMARTS) is 1. The van der Waals surface area contributed by atoms with E-state index in [9.17, 15) is 23.5 Å². The van der Waals surface area contributed by atoms with Crippen molar-refractivity contribution in [1.29, 1.82) is 0 Å². The number of hydrogen-bond acceptors (Lipinski definition) is 4. The van der Waals surface area contributed by atoms with Crippen LogP contribution in [0.1, 0.15) is 40.7 Å². The Balaban J connectivity index is 1.61. The van der Waals surface area contributed by atoms with E-state index in [-0.39, 0.29) is 36.6 Å². The van der Waals surface area contributed by atoms with E-state index in [4.69, 9.17) is 9.84 Å². The van der Waals surface area contributed by atoms with Crippen LogP contribution in [0.3, 0.4) is 0 Å². The number of nitrogens with zero attached hydrogens (tertiary/aromatic N) is 1. The summed E-state index contributed by atoms with van der Waals surface area (Å²) in [5.74, 6) is -4.44. The molecule has 0 aromatic heterocycles. The standard InChI is InChI=1S/C23H24BrF2NO5/c24-18-3-1-2-17(14-18)23(25,26)20(28)9-8-19-11-13-32-22(31)27(19)12-10-15-4-6-16(7-5-15)21(29)30/h1-7,14,19-20,28H,8-13H2,(H,29,30)/t19?,20-/m1/s1. The second-order valence-corrected chi connectivity index (χ2v) is 8.64. The van der Waals surface area contributed by atoms with Crippen LogP contribution in [0, 0.1) is 0 Å². The molecule has 2 aromatic rings. The van der Waals surface area contributed by atoms with Gasteiger partial charge >= 0.3 is 12.1 Å². The van der Waals surface area contributed by atoms with E-state index in [2.05, 4.69) is 15.9 Å². The Labute approximate surface area is 192 Å². The van der Waals surface area contributed by atoms with Gasteiger partial charge in [0, 0.05) is 29.0 Å². The van der Waals surface area contributed by atoms with Gasteiger partial charge in [0.1, 0.15) is 6.10 Å². The van der Waals surface area contributed by atoms with Gasteiger partial charge in [-0.2, -0.15) is 8.78 Å². The third-order valence-electron chi connectivity index (χ3n) is 5.60. The number of benzene rings is 2. The minimum Gasteiger partial charge on any atom is -0.478 e. The lowest BCUT2D eigenvalue weighted by Crippen LogP contribution is -2.47. The number of carboxylic acids is 1. The Kier molecular flexibility index (Phi) is 7.84. The maximum atomic E-state index is 14.7. The molecule has 172 valence electrons. The number of alkyl halides is 2. The lowest BCUT2D eigenvalue weighted by atomic mass is 9.96. The first-order valence-corrected chi connectivity index (χ1v) is 11.1. The smallest absolute Gasteiger partial charge is 0.410 e. The number of carbonyl (C=O) groups is 2. The molecule has 1 aliphatic heterocycles. The van der Waals surface area contributed by atoms with Crippen molar-refractivity contribution in [2.24, 2.45) is 0 Å². The molecule has 1 saturated heterocycles. The number of halogens is 3. The molecule has 2 N–H and O–H groups in total. The zero-order valence-corrected chi connectivity index (χ0v) is 18.8. The second kappa shape index (κ2) is 10.4. The van der Waals surface area contributed by atoms with Crippen molar-refractivity contribution in [3.8, 4) is 0 Å². The Bertz CT molecular complexity index is 954. The van der Waals surface area contributed by atoms with Gasteiger partial charge in [-0.3, -0.25) is 0 Å². The molecule has 32 heavy (non-hydrogen) atoms. The quantitative estimate of drug-likeness (QED) is 0.503. The highest BCUT2D eigenvalue weighted by Crippen LogP contribution is 2.35. The van der Waals surface area contributed by atoms with Crippen LogP contribution in [0.4, 0.5) is 13.6 Å². The van der Waals surface area contributed by atoms with E-state index < -0.39 is 24.1 Å². The summed E-state index contributed by atoms with van der Waals surface area (Å²) in [7, 11) is 0. The van der Waals surface area contributed by atoms with E-state index in [1.54, 1.807) is 18.2 Å². The van der Waals surface area contributed by atoms with Gasteiger partial charge < -0.3 is 19.8 Å². The van der Waals surface area contributed by atoms with Crippen molar-refractivity contribution < 1.29 is 33.3 Å². The number of aliphatic hydroxyl groups is 1. The molecule has 1 unspecified atom stereocenters. The molecule has 0 radical (unpaired) electrons. The predicted molar refractivity (Wildman–Crippen MR) is 117 cm³/mol. The molecule has 9 heteroatoms. The SMILES string of the molecule is O=C(O)c1ccc(CCN2C(=O)OCCC2CC[C@@H](O)C(F)(F)c2cccc(Br)c2)cc1. The monoisotopic (exact) mass is 511 g/mol. The topological polar surface area (TPSA) is 87.1 Å². The third kappa shape index (κ3) is 5.83. The van der Waals surface area contributed by atoms with Crippen LogP contribution in [0.15, 0.2) is 53.0 Å². The van der Waals surface area contributed by atoms with Crippen LogP contribution in [-0.4, -0.2) is 52.5 Å². The lowest BCUT2D eigenvalue weighted by Gasteiger charge is -2.36. The summed E-state index contributed by atoms with van der Waals surface area (Å²) in [6.45, 7) is 0.499. The van der Waals surface area contributed by atoms with Crippen LogP contribution >= 0.6 is 15.9 Å². The number of amides is 1. The predicted octanol–water partition coefficient (Wildman–Crippen LogP) is 4.83. The minimum atomic E-state index is -3.42.